The van der Waals surface area contributed by atoms with Crippen LogP contribution in [0.25, 0.3) is 0 Å². The number of nitrogens with two attached hydrogens (primary N) is 1. The van der Waals surface area contributed by atoms with E-state index in [2.05, 4.69) is 0 Å². The third-order valence-corrected chi connectivity index (χ3v) is 1.82. The fraction of sp³-hybridized carbons (Fsp3) is 0.500. The van der Waals surface area contributed by atoms with Crippen molar-refractivity contribution in [3.05, 3.63) is 11.1 Å². The first-order valence-electron chi connectivity index (χ1n) is 4.32. The molecule has 0 atom stereocenters. The number of rotatable bonds is 5. The zero-order valence-corrected chi connectivity index (χ0v) is 8.72. The van der Waals surface area contributed by atoms with E-state index in [1.807, 2.05) is 0 Å². The van der Waals surface area contributed by atoms with Gasteiger partial charge in [-0.3, -0.25) is 14.4 Å². The lowest BCUT2D eigenvalue weighted by Gasteiger charge is -2.06. The zero-order chi connectivity index (χ0) is 11.3. The van der Waals surface area contributed by atoms with Crippen LogP contribution in [0.2, 0.25) is 0 Å². The number of amides is 1. The number of hydrogen-bond donors (Lipinski definition) is 1. The van der Waals surface area contributed by atoms with Crippen LogP contribution >= 0.6 is 0 Å². The van der Waals surface area contributed by atoms with Crippen molar-refractivity contribution in [2.75, 3.05) is 0 Å². The van der Waals surface area contributed by atoms with Crippen LogP contribution in [0.5, 0.6) is 0 Å². The third-order valence-electron chi connectivity index (χ3n) is 1.82. The normalized spacial score (nSPS) is 9.36. The van der Waals surface area contributed by atoms with Gasteiger partial charge in [0.2, 0.25) is 5.91 Å². The molecule has 0 aliphatic carbocycles. The summed E-state index contributed by atoms with van der Waals surface area (Å²) >= 11 is 0. The van der Waals surface area contributed by atoms with Gasteiger partial charge in [0.1, 0.15) is 11.6 Å². The number of carbonyl (C=O) groups is 3. The van der Waals surface area contributed by atoms with Gasteiger partial charge in [-0.2, -0.15) is 0 Å². The molecule has 0 rings (SSSR count). The Morgan fingerprint density at radius 1 is 0.929 bits per heavy atom. The van der Waals surface area contributed by atoms with Gasteiger partial charge < -0.3 is 5.73 Å². The van der Waals surface area contributed by atoms with Gasteiger partial charge in [0.05, 0.1) is 0 Å². The van der Waals surface area contributed by atoms with Gasteiger partial charge in [-0.1, -0.05) is 0 Å². The van der Waals surface area contributed by atoms with Gasteiger partial charge in [-0.05, 0) is 26.3 Å². The van der Waals surface area contributed by atoms with E-state index in [9.17, 15) is 14.4 Å². The summed E-state index contributed by atoms with van der Waals surface area (Å²) in [6.07, 6.45) is 0.239. The predicted octanol–water partition coefficient (Wildman–Crippen LogP) is 0.746. The maximum atomic E-state index is 10.9. The average Bonchev–Trinajstić information content (AvgIpc) is 1.99. The molecule has 0 bridgehead atoms. The van der Waals surface area contributed by atoms with E-state index in [1.54, 1.807) is 0 Å². The van der Waals surface area contributed by atoms with Crippen LogP contribution in [0.15, 0.2) is 11.1 Å². The quantitative estimate of drug-likeness (QED) is 0.660. The summed E-state index contributed by atoms with van der Waals surface area (Å²) in [6.45, 7) is 4.35. The van der Waals surface area contributed by atoms with Crippen molar-refractivity contribution in [3.8, 4) is 0 Å². The molecule has 0 aliphatic heterocycles. The minimum absolute atomic E-state index is 0.0816. The average molecular weight is 197 g/mol. The molecule has 2 N–H and O–H groups in total. The lowest BCUT2D eigenvalue weighted by Crippen LogP contribution is -2.15. The number of Topliss-reactive ketones (excluding diaryl/α,β-unsaturated/α-hetero) is 2. The summed E-state index contributed by atoms with van der Waals surface area (Å²) in [6, 6.07) is 0. The second-order valence-corrected chi connectivity index (χ2v) is 3.35. The van der Waals surface area contributed by atoms with Crippen molar-refractivity contribution in [2.24, 2.45) is 5.73 Å². The third kappa shape index (κ3) is 4.54. The molecule has 4 heteroatoms. The maximum absolute atomic E-state index is 10.9. The molecule has 0 aliphatic rings. The topological polar surface area (TPSA) is 77.2 Å². The van der Waals surface area contributed by atoms with Crippen molar-refractivity contribution < 1.29 is 14.4 Å². The predicted molar refractivity (Wildman–Crippen MR) is 52.5 cm³/mol. The summed E-state index contributed by atoms with van der Waals surface area (Å²) in [5.41, 5.74) is 5.91. The molecule has 0 fully saturated rings. The molecule has 14 heavy (non-hydrogen) atoms. The maximum Gasteiger partial charge on any atom is 0.244 e. The molecule has 1 amide bonds. The Bertz CT molecular complexity index is 284. The molecule has 0 saturated heterocycles. The van der Waals surface area contributed by atoms with Gasteiger partial charge >= 0.3 is 0 Å². The lowest BCUT2D eigenvalue weighted by molar-refractivity contribution is -0.116. The van der Waals surface area contributed by atoms with Crippen molar-refractivity contribution in [3.63, 3.8) is 0 Å². The molecule has 0 aromatic rings. The molecule has 0 spiro atoms. The molecular formula is C10H15NO3. The Hall–Kier alpha value is -1.45. The fourth-order valence-electron chi connectivity index (χ4n) is 1.10. The number of ketones is 2. The molecular weight excluding hydrogens is 182 g/mol. The van der Waals surface area contributed by atoms with Crippen LogP contribution in [0.1, 0.15) is 33.6 Å². The Morgan fingerprint density at radius 3 is 1.50 bits per heavy atom. The van der Waals surface area contributed by atoms with Gasteiger partial charge in [0.15, 0.2) is 0 Å². The second kappa shape index (κ2) is 5.32. The summed E-state index contributed by atoms with van der Waals surface area (Å²) in [7, 11) is 0. The monoisotopic (exact) mass is 197 g/mol. The van der Waals surface area contributed by atoms with E-state index in [4.69, 9.17) is 5.73 Å². The van der Waals surface area contributed by atoms with E-state index in [1.165, 1.54) is 20.8 Å². The van der Waals surface area contributed by atoms with Crippen LogP contribution in [0, 0.1) is 0 Å². The highest BCUT2D eigenvalue weighted by Gasteiger charge is 2.11. The van der Waals surface area contributed by atoms with Crippen LogP contribution in [-0.4, -0.2) is 17.5 Å². The van der Waals surface area contributed by atoms with Crippen LogP contribution in [0.3, 0.4) is 0 Å². The number of allylic oxidation sites excluding steroid dienone is 1. The van der Waals surface area contributed by atoms with E-state index in [-0.39, 0.29) is 24.4 Å². The minimum atomic E-state index is -0.581. The largest absolute Gasteiger partial charge is 0.366 e. The fourth-order valence-corrected chi connectivity index (χ4v) is 1.10. The van der Waals surface area contributed by atoms with Crippen molar-refractivity contribution in [2.45, 2.75) is 33.6 Å². The van der Waals surface area contributed by atoms with Gasteiger partial charge in [0.25, 0.3) is 0 Å². The lowest BCUT2D eigenvalue weighted by atomic mass is 9.99. The molecule has 78 valence electrons. The van der Waals surface area contributed by atoms with Crippen molar-refractivity contribution in [1.82, 2.24) is 0 Å². The van der Waals surface area contributed by atoms with Gasteiger partial charge in [-0.25, -0.2) is 0 Å². The zero-order valence-electron chi connectivity index (χ0n) is 8.72. The Kier molecular flexibility index (Phi) is 4.77. The first kappa shape index (κ1) is 12.6. The first-order chi connectivity index (χ1) is 6.34. The second-order valence-electron chi connectivity index (χ2n) is 3.35. The molecule has 4 nitrogen and oxygen atoms in total. The summed E-state index contributed by atoms with van der Waals surface area (Å²) in [5.74, 6) is -0.744. The van der Waals surface area contributed by atoms with Gasteiger partial charge in [-0.15, -0.1) is 0 Å². The van der Waals surface area contributed by atoms with Gasteiger partial charge in [0, 0.05) is 18.4 Å². The Labute approximate surface area is 83.2 Å². The highest BCUT2D eigenvalue weighted by atomic mass is 16.1. The van der Waals surface area contributed by atoms with E-state index in [0.717, 1.165) is 0 Å². The number of carbonyl (C=O) groups excluding carboxylic acids is 3. The number of primary amides is 1. The number of hydrogen-bond acceptors (Lipinski definition) is 3. The molecule has 0 radical (unpaired) electrons. The van der Waals surface area contributed by atoms with Crippen LogP contribution in [-0.2, 0) is 14.4 Å². The highest BCUT2D eigenvalue weighted by molar-refractivity contribution is 5.95. The Balaban J connectivity index is 4.87. The van der Waals surface area contributed by atoms with Crippen molar-refractivity contribution >= 4 is 17.5 Å². The summed E-state index contributed by atoms with van der Waals surface area (Å²) in [5, 5.41) is 0. The molecule has 0 saturated carbocycles. The standard InChI is InChI=1S/C10H15NO3/c1-6(12)4-9(5-7(2)13)8(3)10(11)14/h4-5H2,1-3H3,(H2,11,14). The molecule has 0 aromatic carbocycles. The van der Waals surface area contributed by atoms with E-state index in [0.29, 0.717) is 11.1 Å². The summed E-state index contributed by atoms with van der Waals surface area (Å²) in [4.78, 5) is 32.6. The van der Waals surface area contributed by atoms with Crippen molar-refractivity contribution in [1.29, 1.82) is 0 Å². The SMILES string of the molecule is CC(=O)CC(CC(C)=O)=C(C)C(N)=O. The molecule has 0 aromatic heterocycles. The Morgan fingerprint density at radius 2 is 1.29 bits per heavy atom. The smallest absolute Gasteiger partial charge is 0.244 e. The van der Waals surface area contributed by atoms with E-state index >= 15 is 0 Å². The van der Waals surface area contributed by atoms with Crippen LogP contribution < -0.4 is 5.73 Å². The highest BCUT2D eigenvalue weighted by Crippen LogP contribution is 2.14. The minimum Gasteiger partial charge on any atom is -0.366 e. The molecule has 0 unspecified atom stereocenters. The molecule has 0 heterocycles. The summed E-state index contributed by atoms with van der Waals surface area (Å²) < 4.78 is 0. The van der Waals surface area contributed by atoms with Crippen LogP contribution in [0.4, 0.5) is 0 Å². The first-order valence-corrected chi connectivity index (χ1v) is 4.32. The van der Waals surface area contributed by atoms with E-state index < -0.39 is 5.91 Å².